The molecule has 0 unspecified atom stereocenters. The third-order valence-electron chi connectivity index (χ3n) is 4.73. The zero-order chi connectivity index (χ0) is 18.2. The third kappa shape index (κ3) is 2.77. The number of aromatic nitrogens is 6. The Morgan fingerprint density at radius 1 is 1.19 bits per heavy atom. The first kappa shape index (κ1) is 15.7. The quantitative estimate of drug-likeness (QED) is 0.592. The van der Waals surface area contributed by atoms with E-state index < -0.39 is 0 Å². The minimum atomic E-state index is -0.289. The largest absolute Gasteiger partial charge is 0.422 e. The normalized spacial score (nSPS) is 14.8. The van der Waals surface area contributed by atoms with E-state index in [1.807, 2.05) is 22.9 Å². The maximum Gasteiger partial charge on any atom is 0.360 e. The van der Waals surface area contributed by atoms with Crippen molar-refractivity contribution in [3.63, 3.8) is 0 Å². The van der Waals surface area contributed by atoms with Gasteiger partial charge in [0.15, 0.2) is 11.3 Å². The highest BCUT2D eigenvalue weighted by Crippen LogP contribution is 2.33. The fourth-order valence-electron chi connectivity index (χ4n) is 3.48. The number of nitrogens with one attached hydrogen (secondary N) is 1. The van der Waals surface area contributed by atoms with Crippen molar-refractivity contribution in [3.05, 3.63) is 47.0 Å². The molecule has 0 atom stereocenters. The summed E-state index contributed by atoms with van der Waals surface area (Å²) < 4.78 is 12.7. The fourth-order valence-corrected chi connectivity index (χ4v) is 3.48. The van der Waals surface area contributed by atoms with Crippen molar-refractivity contribution in [2.45, 2.75) is 31.7 Å². The van der Waals surface area contributed by atoms with E-state index >= 15 is 0 Å². The molecule has 27 heavy (non-hydrogen) atoms. The summed E-state index contributed by atoms with van der Waals surface area (Å²) in [6.07, 6.45) is 5.69. The van der Waals surface area contributed by atoms with Gasteiger partial charge in [-0.1, -0.05) is 31.0 Å². The number of fused-ring (bicyclic) bond motifs is 1. The van der Waals surface area contributed by atoms with Gasteiger partial charge < -0.3 is 14.2 Å². The van der Waals surface area contributed by atoms with Crippen molar-refractivity contribution < 1.29 is 9.26 Å². The number of ether oxygens (including phenoxy) is 1. The van der Waals surface area contributed by atoms with E-state index in [-0.39, 0.29) is 23.5 Å². The van der Waals surface area contributed by atoms with Gasteiger partial charge in [0, 0.05) is 0 Å². The summed E-state index contributed by atoms with van der Waals surface area (Å²) in [5.41, 5.74) is 0.564. The molecule has 0 aliphatic heterocycles. The third-order valence-corrected chi connectivity index (χ3v) is 4.73. The van der Waals surface area contributed by atoms with Gasteiger partial charge >= 0.3 is 6.01 Å². The van der Waals surface area contributed by atoms with Crippen LogP contribution in [0.2, 0.25) is 0 Å². The van der Waals surface area contributed by atoms with Crippen LogP contribution in [-0.4, -0.2) is 29.9 Å². The van der Waals surface area contributed by atoms with Crippen LogP contribution in [0.3, 0.4) is 0 Å². The van der Waals surface area contributed by atoms with Gasteiger partial charge in [0.1, 0.15) is 11.1 Å². The Hall–Kier alpha value is -3.49. The lowest BCUT2D eigenvalue weighted by atomic mass is 10.2. The molecular formula is C18H16N6O3. The highest BCUT2D eigenvalue weighted by molar-refractivity contribution is 5.87. The Bertz CT molecular complexity index is 1140. The molecule has 1 fully saturated rings. The average molecular weight is 364 g/mol. The summed E-state index contributed by atoms with van der Waals surface area (Å²) >= 11 is 0. The summed E-state index contributed by atoms with van der Waals surface area (Å²) in [4.78, 5) is 23.6. The summed E-state index contributed by atoms with van der Waals surface area (Å²) in [7, 11) is 0. The van der Waals surface area contributed by atoms with Crippen LogP contribution in [0.5, 0.6) is 11.8 Å². The van der Waals surface area contributed by atoms with Gasteiger partial charge in [0.25, 0.3) is 11.4 Å². The first-order chi connectivity index (χ1) is 13.3. The highest BCUT2D eigenvalue weighted by atomic mass is 16.6. The molecule has 5 rings (SSSR count). The molecule has 1 aliphatic carbocycles. The molecule has 4 aromatic rings. The van der Waals surface area contributed by atoms with Crippen LogP contribution >= 0.6 is 0 Å². The van der Waals surface area contributed by atoms with Crippen LogP contribution < -0.4 is 10.3 Å². The first-order valence-electron chi connectivity index (χ1n) is 8.82. The monoisotopic (exact) mass is 364 g/mol. The van der Waals surface area contributed by atoms with Crippen LogP contribution in [0.4, 0.5) is 0 Å². The lowest BCUT2D eigenvalue weighted by Crippen LogP contribution is -2.10. The number of H-pyrrole nitrogens is 1. The van der Waals surface area contributed by atoms with Gasteiger partial charge in [-0.3, -0.25) is 4.79 Å². The van der Waals surface area contributed by atoms with E-state index in [9.17, 15) is 4.79 Å². The average Bonchev–Trinajstić information content (AvgIpc) is 3.42. The maximum atomic E-state index is 12.4. The Kier molecular flexibility index (Phi) is 3.70. The van der Waals surface area contributed by atoms with Gasteiger partial charge in [-0.25, -0.2) is 9.67 Å². The molecule has 0 spiro atoms. The van der Waals surface area contributed by atoms with Crippen LogP contribution in [0, 0.1) is 0 Å². The van der Waals surface area contributed by atoms with Crippen molar-refractivity contribution in [3.8, 4) is 23.3 Å². The van der Waals surface area contributed by atoms with Gasteiger partial charge in [0.2, 0.25) is 0 Å². The summed E-state index contributed by atoms with van der Waals surface area (Å²) in [6.45, 7) is 0. The zero-order valence-electron chi connectivity index (χ0n) is 14.3. The highest BCUT2D eigenvalue weighted by Gasteiger charge is 2.27. The van der Waals surface area contributed by atoms with Crippen LogP contribution in [-0.2, 0) is 0 Å². The van der Waals surface area contributed by atoms with Crippen LogP contribution in [0.1, 0.15) is 31.7 Å². The molecule has 1 saturated carbocycles. The molecule has 0 bridgehead atoms. The summed E-state index contributed by atoms with van der Waals surface area (Å²) in [5, 5.41) is 8.79. The van der Waals surface area contributed by atoms with E-state index in [0.29, 0.717) is 22.5 Å². The second-order valence-electron chi connectivity index (χ2n) is 6.46. The molecule has 1 aliphatic rings. The Morgan fingerprint density at radius 2 is 2.00 bits per heavy atom. The molecule has 3 heterocycles. The molecule has 0 saturated heterocycles. The van der Waals surface area contributed by atoms with E-state index in [0.717, 1.165) is 25.7 Å². The van der Waals surface area contributed by atoms with Gasteiger partial charge in [-0.2, -0.15) is 10.1 Å². The van der Waals surface area contributed by atoms with Crippen molar-refractivity contribution >= 4 is 11.0 Å². The van der Waals surface area contributed by atoms with Crippen molar-refractivity contribution in [1.82, 2.24) is 29.9 Å². The SMILES string of the molecule is O=c1[nH]cnc2c1c(-c1nc(Oc3ccccc3)no1)nn2C1CCCC1. The second-order valence-corrected chi connectivity index (χ2v) is 6.46. The van der Waals surface area contributed by atoms with Gasteiger partial charge in [0.05, 0.1) is 12.4 Å². The van der Waals surface area contributed by atoms with Crippen molar-refractivity contribution in [2.24, 2.45) is 0 Å². The smallest absolute Gasteiger partial charge is 0.360 e. The Balaban J connectivity index is 1.58. The molecule has 9 heteroatoms. The van der Waals surface area contributed by atoms with E-state index in [2.05, 4.69) is 25.2 Å². The van der Waals surface area contributed by atoms with E-state index in [1.54, 1.807) is 12.1 Å². The van der Waals surface area contributed by atoms with E-state index in [1.165, 1.54) is 6.33 Å². The number of aromatic amines is 1. The number of benzene rings is 1. The molecule has 0 radical (unpaired) electrons. The lowest BCUT2D eigenvalue weighted by molar-refractivity contribution is 0.370. The molecular weight excluding hydrogens is 348 g/mol. The van der Waals surface area contributed by atoms with Crippen LogP contribution in [0.25, 0.3) is 22.6 Å². The Morgan fingerprint density at radius 3 is 2.81 bits per heavy atom. The molecule has 3 aromatic heterocycles. The molecule has 9 nitrogen and oxygen atoms in total. The molecule has 1 aromatic carbocycles. The topological polar surface area (TPSA) is 112 Å². The molecule has 136 valence electrons. The second kappa shape index (κ2) is 6.35. The number of rotatable bonds is 4. The Labute approximate surface area is 153 Å². The number of hydrogen-bond acceptors (Lipinski definition) is 7. The minimum Gasteiger partial charge on any atom is -0.422 e. The summed E-state index contributed by atoms with van der Waals surface area (Å²) in [5.74, 6) is 0.715. The molecule has 0 amide bonds. The van der Waals surface area contributed by atoms with E-state index in [4.69, 9.17) is 9.26 Å². The van der Waals surface area contributed by atoms with Gasteiger partial charge in [-0.05, 0) is 30.1 Å². The van der Waals surface area contributed by atoms with Gasteiger partial charge in [-0.15, -0.1) is 0 Å². The molecule has 1 N–H and O–H groups in total. The van der Waals surface area contributed by atoms with Crippen molar-refractivity contribution in [2.75, 3.05) is 0 Å². The predicted octanol–water partition coefficient (Wildman–Crippen LogP) is 3.08. The lowest BCUT2D eigenvalue weighted by Gasteiger charge is -2.09. The minimum absolute atomic E-state index is 0.0556. The summed E-state index contributed by atoms with van der Waals surface area (Å²) in [6, 6.07) is 9.43. The first-order valence-corrected chi connectivity index (χ1v) is 8.82. The maximum absolute atomic E-state index is 12.4. The number of para-hydroxylation sites is 1. The zero-order valence-corrected chi connectivity index (χ0v) is 14.3. The number of nitrogens with zero attached hydrogens (tertiary/aromatic N) is 5. The number of hydrogen-bond donors (Lipinski definition) is 1. The van der Waals surface area contributed by atoms with Crippen molar-refractivity contribution in [1.29, 1.82) is 0 Å². The van der Waals surface area contributed by atoms with Crippen LogP contribution in [0.15, 0.2) is 46.0 Å². The predicted molar refractivity (Wildman–Crippen MR) is 95.5 cm³/mol. The standard InChI is InChI=1S/C18H16N6O3/c25-16-13-14(17-21-18(23-27-17)26-12-8-2-1-3-9-12)22-24(11-6-4-5-7-11)15(13)19-10-20-16/h1-3,8-11H,4-7H2,(H,19,20,25). The fraction of sp³-hybridized carbons (Fsp3) is 0.278.